The predicted octanol–water partition coefficient (Wildman–Crippen LogP) is 6.30. The summed E-state index contributed by atoms with van der Waals surface area (Å²) in [4.78, 5) is 71.1. The number of ketones is 3. The third-order valence-electron chi connectivity index (χ3n) is 13.9. The average Bonchev–Trinajstić information content (AvgIpc) is 3.92. The van der Waals surface area contributed by atoms with E-state index < -0.39 is 50.1 Å². The Hall–Kier alpha value is -2.10. The van der Waals surface area contributed by atoms with Crippen molar-refractivity contribution in [3.8, 4) is 0 Å². The summed E-state index contributed by atoms with van der Waals surface area (Å²) in [6.07, 6.45) is 16.4. The number of fused-ring (bicyclic) bond motifs is 3. The standard InChI is InChI=1S/C40H62N2O7S/c1-39(2)31-26-42-35(34(31)39)32(44)24-27(36(45)37(46)41-29-18-19-29)15-9-6-4-3-5-7-10-16-28(38(42)47)23-30(43)25-40(20-12-8-13-21-40)33-17-11-14-22-50(33,48)49/h27-29,31,33-35H,3-26H2,1-2H3,(H,41,46)/t27-,28-,31+,33+,34+,35-/m1/s1. The molecule has 6 fully saturated rings. The summed E-state index contributed by atoms with van der Waals surface area (Å²) < 4.78 is 26.7. The van der Waals surface area contributed by atoms with Crippen LogP contribution in [0.15, 0.2) is 0 Å². The number of Topliss-reactive ketones (excluding diaryl/α,β-unsaturated/α-hetero) is 3. The van der Waals surface area contributed by atoms with Crippen molar-refractivity contribution in [2.24, 2.45) is 34.5 Å². The van der Waals surface area contributed by atoms with Gasteiger partial charge >= 0.3 is 0 Å². The first-order valence-electron chi connectivity index (χ1n) is 20.3. The van der Waals surface area contributed by atoms with Crippen LogP contribution in [0.5, 0.6) is 0 Å². The molecule has 0 aromatic carbocycles. The highest BCUT2D eigenvalue weighted by molar-refractivity contribution is 7.92. The molecule has 3 aliphatic carbocycles. The Morgan fingerprint density at radius 3 is 2.08 bits per heavy atom. The van der Waals surface area contributed by atoms with Gasteiger partial charge in [0.15, 0.2) is 15.6 Å². The van der Waals surface area contributed by atoms with E-state index in [2.05, 4.69) is 19.2 Å². The Morgan fingerprint density at radius 1 is 0.800 bits per heavy atom. The second-order valence-corrected chi connectivity index (χ2v) is 20.1. The normalized spacial score (nSPS) is 34.6. The fourth-order valence-corrected chi connectivity index (χ4v) is 13.2. The molecule has 3 saturated carbocycles. The minimum atomic E-state index is -3.27. The van der Waals surface area contributed by atoms with Gasteiger partial charge in [-0.3, -0.25) is 24.0 Å². The highest BCUT2D eigenvalue weighted by atomic mass is 32.2. The van der Waals surface area contributed by atoms with Crippen LogP contribution in [-0.2, 0) is 33.8 Å². The van der Waals surface area contributed by atoms with E-state index in [-0.39, 0.29) is 65.8 Å². The molecule has 0 radical (unpaired) electrons. The van der Waals surface area contributed by atoms with E-state index in [0.29, 0.717) is 32.2 Å². The van der Waals surface area contributed by atoms with Crippen molar-refractivity contribution in [3.05, 3.63) is 0 Å². The molecule has 2 amide bonds. The van der Waals surface area contributed by atoms with Gasteiger partial charge in [-0.2, -0.15) is 0 Å². The van der Waals surface area contributed by atoms with Gasteiger partial charge in [0.25, 0.3) is 5.91 Å². The Morgan fingerprint density at radius 2 is 1.42 bits per heavy atom. The van der Waals surface area contributed by atoms with E-state index in [4.69, 9.17) is 0 Å². The predicted molar refractivity (Wildman–Crippen MR) is 192 cm³/mol. The van der Waals surface area contributed by atoms with E-state index in [1.54, 1.807) is 4.90 Å². The molecule has 0 unspecified atom stereocenters. The Kier molecular flexibility index (Phi) is 11.7. The van der Waals surface area contributed by atoms with Crippen LogP contribution in [-0.4, -0.2) is 72.1 Å². The first-order valence-corrected chi connectivity index (χ1v) is 22.0. The number of piperidine rings is 1. The molecule has 10 heteroatoms. The Balaban J connectivity index is 1.22. The van der Waals surface area contributed by atoms with Gasteiger partial charge in [0.1, 0.15) is 5.78 Å². The number of sulfone groups is 1. The van der Waals surface area contributed by atoms with E-state index in [1.807, 2.05) is 0 Å². The molecule has 0 spiro atoms. The van der Waals surface area contributed by atoms with Gasteiger partial charge in [0.2, 0.25) is 11.7 Å². The van der Waals surface area contributed by atoms with Crippen molar-refractivity contribution in [1.29, 1.82) is 0 Å². The number of nitrogens with one attached hydrogen (secondary N) is 1. The zero-order valence-corrected chi connectivity index (χ0v) is 31.5. The zero-order chi connectivity index (χ0) is 35.7. The van der Waals surface area contributed by atoms with Crippen LogP contribution in [0.2, 0.25) is 0 Å². The third kappa shape index (κ3) is 8.25. The maximum Gasteiger partial charge on any atom is 0.287 e. The van der Waals surface area contributed by atoms with Crippen molar-refractivity contribution in [1.82, 2.24) is 10.2 Å². The van der Waals surface area contributed by atoms with Crippen molar-refractivity contribution in [3.63, 3.8) is 0 Å². The van der Waals surface area contributed by atoms with Crippen LogP contribution in [0.1, 0.15) is 155 Å². The molecule has 6 aliphatic rings. The zero-order valence-electron chi connectivity index (χ0n) is 30.7. The van der Waals surface area contributed by atoms with Crippen molar-refractivity contribution >= 4 is 39.0 Å². The Labute approximate surface area is 300 Å². The number of nitrogens with zero attached hydrogens (tertiary/aromatic N) is 1. The molecule has 0 bridgehead atoms. The van der Waals surface area contributed by atoms with Gasteiger partial charge < -0.3 is 10.2 Å². The average molecular weight is 715 g/mol. The van der Waals surface area contributed by atoms with E-state index >= 15 is 0 Å². The van der Waals surface area contributed by atoms with E-state index in [0.717, 1.165) is 96.3 Å². The van der Waals surface area contributed by atoms with Gasteiger partial charge in [-0.15, -0.1) is 0 Å². The highest BCUT2D eigenvalue weighted by Gasteiger charge is 2.69. The molecule has 280 valence electrons. The molecule has 6 rings (SSSR count). The van der Waals surface area contributed by atoms with Crippen LogP contribution in [0.3, 0.4) is 0 Å². The summed E-state index contributed by atoms with van der Waals surface area (Å²) in [6, 6.07) is -0.587. The molecule has 0 aromatic heterocycles. The SMILES string of the molecule is CC1(C)[C@@H]2[C@H]3C(=O)C[C@H](C(=O)C(=O)NC4CC4)CCCCCCCCC[C@H](CC(=O)CC4([C@@H]5CCCCS5(=O)=O)CCCCC4)C(=O)N3C[C@@H]21. The van der Waals surface area contributed by atoms with Gasteiger partial charge in [0.05, 0.1) is 17.0 Å². The topological polar surface area (TPSA) is 135 Å². The molecule has 1 N–H and O–H groups in total. The van der Waals surface area contributed by atoms with Crippen molar-refractivity contribution in [2.45, 2.75) is 172 Å². The first-order chi connectivity index (χ1) is 23.8. The molecule has 9 nitrogen and oxygen atoms in total. The second kappa shape index (κ2) is 15.5. The lowest BCUT2D eigenvalue weighted by Crippen LogP contribution is -2.49. The monoisotopic (exact) mass is 714 g/mol. The summed E-state index contributed by atoms with van der Waals surface area (Å²) in [6.45, 7) is 4.76. The van der Waals surface area contributed by atoms with Crippen LogP contribution in [0, 0.1) is 34.5 Å². The summed E-state index contributed by atoms with van der Waals surface area (Å²) in [5.74, 6) is -2.20. The smallest absolute Gasteiger partial charge is 0.287 e. The van der Waals surface area contributed by atoms with Crippen LogP contribution in [0.25, 0.3) is 0 Å². The van der Waals surface area contributed by atoms with Gasteiger partial charge in [-0.25, -0.2) is 8.42 Å². The largest absolute Gasteiger partial charge is 0.347 e. The molecule has 3 saturated heterocycles. The molecule has 3 heterocycles. The molecule has 50 heavy (non-hydrogen) atoms. The minimum Gasteiger partial charge on any atom is -0.347 e. The lowest BCUT2D eigenvalue weighted by atomic mass is 9.67. The summed E-state index contributed by atoms with van der Waals surface area (Å²) in [5.41, 5.74) is -0.633. The summed E-state index contributed by atoms with van der Waals surface area (Å²) in [5, 5.41) is 2.35. The first kappa shape index (κ1) is 37.7. The number of amides is 2. The van der Waals surface area contributed by atoms with Gasteiger partial charge in [-0.05, 0) is 74.0 Å². The highest BCUT2D eigenvalue weighted by Crippen LogP contribution is 2.65. The minimum absolute atomic E-state index is 0.00671. The number of rotatable bonds is 8. The lowest BCUT2D eigenvalue weighted by Gasteiger charge is -2.44. The van der Waals surface area contributed by atoms with Gasteiger partial charge in [-0.1, -0.05) is 84.5 Å². The van der Waals surface area contributed by atoms with Crippen LogP contribution >= 0.6 is 0 Å². The molecule has 6 atom stereocenters. The molecule has 3 aliphatic heterocycles. The molecular formula is C40H62N2O7S. The van der Waals surface area contributed by atoms with Crippen molar-refractivity contribution in [2.75, 3.05) is 12.3 Å². The number of hydrogen-bond donors (Lipinski definition) is 1. The second-order valence-electron chi connectivity index (χ2n) is 17.8. The maximum absolute atomic E-state index is 14.6. The number of carbonyl (C=O) groups is 5. The fraction of sp³-hybridized carbons (Fsp3) is 0.875. The number of hydrogen-bond acceptors (Lipinski definition) is 7. The van der Waals surface area contributed by atoms with Gasteiger partial charge in [0, 0.05) is 43.7 Å². The summed E-state index contributed by atoms with van der Waals surface area (Å²) in [7, 11) is -3.27. The van der Waals surface area contributed by atoms with E-state index in [1.165, 1.54) is 0 Å². The van der Waals surface area contributed by atoms with Crippen LogP contribution in [0.4, 0.5) is 0 Å². The summed E-state index contributed by atoms with van der Waals surface area (Å²) >= 11 is 0. The van der Waals surface area contributed by atoms with E-state index in [9.17, 15) is 32.4 Å². The van der Waals surface area contributed by atoms with Crippen LogP contribution < -0.4 is 5.32 Å². The Bertz CT molecular complexity index is 1410. The fourth-order valence-electron chi connectivity index (χ4n) is 10.7. The lowest BCUT2D eigenvalue weighted by molar-refractivity contribution is -0.146. The van der Waals surface area contributed by atoms with Crippen molar-refractivity contribution < 1.29 is 32.4 Å². The third-order valence-corrected chi connectivity index (χ3v) is 16.3. The quantitative estimate of drug-likeness (QED) is 0.292. The molecular weight excluding hydrogens is 653 g/mol. The maximum atomic E-state index is 14.6. The number of carbonyl (C=O) groups excluding carboxylic acids is 5. The molecule has 0 aromatic rings.